The summed E-state index contributed by atoms with van der Waals surface area (Å²) in [6, 6.07) is 13.3. The normalized spacial score (nSPS) is 17.0. The molecule has 1 aliphatic heterocycles. The molecule has 0 amide bonds. The van der Waals surface area contributed by atoms with Crippen LogP contribution >= 0.6 is 0 Å². The van der Waals surface area contributed by atoms with Crippen LogP contribution in [0.25, 0.3) is 0 Å². The number of pyridine rings is 1. The van der Waals surface area contributed by atoms with Gasteiger partial charge in [0.25, 0.3) is 10.2 Å². The third-order valence-electron chi connectivity index (χ3n) is 5.42. The first-order valence-corrected chi connectivity index (χ1v) is 12.1. The van der Waals surface area contributed by atoms with Crippen LogP contribution in [-0.2, 0) is 21.4 Å². The van der Waals surface area contributed by atoms with E-state index in [-0.39, 0.29) is 18.9 Å². The minimum atomic E-state index is -3.66. The van der Waals surface area contributed by atoms with Gasteiger partial charge in [0, 0.05) is 38.3 Å². The van der Waals surface area contributed by atoms with E-state index < -0.39 is 16.2 Å². The number of nitrogens with zero attached hydrogens (tertiary/aromatic N) is 2. The van der Waals surface area contributed by atoms with E-state index in [4.69, 9.17) is 0 Å². The number of nitrogens with one attached hydrogen (secondary N) is 2. The molecule has 0 aliphatic carbocycles. The fourth-order valence-corrected chi connectivity index (χ4v) is 5.14. The Morgan fingerprint density at radius 2 is 1.87 bits per heavy atom. The summed E-state index contributed by atoms with van der Waals surface area (Å²) >= 11 is 0. The first-order valence-electron chi connectivity index (χ1n) is 10.6. The number of hydrogen-bond acceptors (Lipinski definition) is 5. The number of fused-ring (bicyclic) bond motifs is 1. The SMILES string of the molecule is O=C(O)CC1CN(S(=O)(=O)NCCCCCNc2ccccn2)CCc2ccccc21. The highest BCUT2D eigenvalue weighted by Crippen LogP contribution is 2.29. The second-order valence-corrected chi connectivity index (χ2v) is 9.46. The molecule has 1 aromatic carbocycles. The van der Waals surface area contributed by atoms with Gasteiger partial charge in [-0.25, -0.2) is 9.71 Å². The summed E-state index contributed by atoms with van der Waals surface area (Å²) in [4.78, 5) is 15.5. The molecule has 3 N–H and O–H groups in total. The third-order valence-corrected chi connectivity index (χ3v) is 7.00. The quantitative estimate of drug-likeness (QED) is 0.458. The molecule has 0 saturated heterocycles. The maximum absolute atomic E-state index is 12.8. The highest BCUT2D eigenvalue weighted by molar-refractivity contribution is 7.87. The van der Waals surface area contributed by atoms with Gasteiger partial charge in [-0.1, -0.05) is 36.8 Å². The molecule has 0 bridgehead atoms. The molecule has 1 aliphatic rings. The molecule has 168 valence electrons. The van der Waals surface area contributed by atoms with E-state index in [1.54, 1.807) is 6.20 Å². The fraction of sp³-hybridized carbons (Fsp3) is 0.455. The summed E-state index contributed by atoms with van der Waals surface area (Å²) in [5.74, 6) is -0.446. The van der Waals surface area contributed by atoms with Gasteiger partial charge in [-0.05, 0) is 42.5 Å². The Hall–Kier alpha value is -2.49. The number of anilines is 1. The molecule has 8 nitrogen and oxygen atoms in total. The van der Waals surface area contributed by atoms with E-state index in [0.29, 0.717) is 19.5 Å². The number of aromatic nitrogens is 1. The van der Waals surface area contributed by atoms with Crippen molar-refractivity contribution in [2.75, 3.05) is 31.5 Å². The standard InChI is InChI=1S/C22H30N4O4S/c27-22(28)16-19-17-26(15-11-18-8-2-3-9-20(18)19)31(29,30)25-14-6-1-5-12-23-21-10-4-7-13-24-21/h2-4,7-10,13,19,25H,1,5-6,11-12,14-17H2,(H,23,24)(H,27,28). The van der Waals surface area contributed by atoms with Crippen LogP contribution in [0.3, 0.4) is 0 Å². The summed E-state index contributed by atoms with van der Waals surface area (Å²) < 4.78 is 29.8. The van der Waals surface area contributed by atoms with Crippen LogP contribution in [0.1, 0.15) is 42.7 Å². The monoisotopic (exact) mass is 446 g/mol. The Balaban J connectivity index is 1.46. The predicted octanol–water partition coefficient (Wildman–Crippen LogP) is 2.61. The van der Waals surface area contributed by atoms with E-state index in [2.05, 4.69) is 15.0 Å². The van der Waals surface area contributed by atoms with Gasteiger partial charge in [-0.3, -0.25) is 4.79 Å². The molecule has 31 heavy (non-hydrogen) atoms. The number of carboxylic acids is 1. The zero-order valence-electron chi connectivity index (χ0n) is 17.5. The minimum absolute atomic E-state index is 0.0910. The van der Waals surface area contributed by atoms with Crippen molar-refractivity contribution in [3.05, 3.63) is 59.8 Å². The molecule has 0 radical (unpaired) electrons. The number of unbranched alkanes of at least 4 members (excludes halogenated alkanes) is 2. The van der Waals surface area contributed by atoms with Crippen molar-refractivity contribution in [2.45, 2.75) is 38.0 Å². The lowest BCUT2D eigenvalue weighted by Gasteiger charge is -2.24. The predicted molar refractivity (Wildman–Crippen MR) is 120 cm³/mol. The van der Waals surface area contributed by atoms with Gasteiger partial charge in [0.15, 0.2) is 0 Å². The second-order valence-electron chi connectivity index (χ2n) is 7.70. The lowest BCUT2D eigenvalue weighted by molar-refractivity contribution is -0.137. The summed E-state index contributed by atoms with van der Waals surface area (Å²) in [5.41, 5.74) is 1.95. The number of rotatable bonds is 11. The molecule has 2 aromatic rings. The maximum atomic E-state index is 12.8. The fourth-order valence-electron chi connectivity index (χ4n) is 3.85. The van der Waals surface area contributed by atoms with E-state index in [0.717, 1.165) is 42.8 Å². The van der Waals surface area contributed by atoms with Crippen LogP contribution in [0, 0.1) is 0 Å². The zero-order chi connectivity index (χ0) is 22.1. The third kappa shape index (κ3) is 7.02. The van der Waals surface area contributed by atoms with E-state index in [1.807, 2.05) is 42.5 Å². The van der Waals surface area contributed by atoms with Crippen molar-refractivity contribution in [3.63, 3.8) is 0 Å². The smallest absolute Gasteiger partial charge is 0.304 e. The van der Waals surface area contributed by atoms with Crippen molar-refractivity contribution >= 4 is 22.0 Å². The lowest BCUT2D eigenvalue weighted by Crippen LogP contribution is -2.43. The van der Waals surface area contributed by atoms with Gasteiger partial charge in [0.2, 0.25) is 0 Å². The Kier molecular flexibility index (Phi) is 8.39. The zero-order valence-corrected chi connectivity index (χ0v) is 18.4. The van der Waals surface area contributed by atoms with Gasteiger partial charge < -0.3 is 10.4 Å². The summed E-state index contributed by atoms with van der Waals surface area (Å²) in [6.45, 7) is 1.66. The molecule has 9 heteroatoms. The van der Waals surface area contributed by atoms with Crippen LogP contribution < -0.4 is 10.0 Å². The Morgan fingerprint density at radius 3 is 2.65 bits per heavy atom. The topological polar surface area (TPSA) is 112 Å². The minimum Gasteiger partial charge on any atom is -0.481 e. The van der Waals surface area contributed by atoms with Crippen molar-refractivity contribution in [2.24, 2.45) is 0 Å². The van der Waals surface area contributed by atoms with Gasteiger partial charge in [0.05, 0.1) is 6.42 Å². The number of carboxylic acid groups (broad SMARTS) is 1. The van der Waals surface area contributed by atoms with Crippen LogP contribution in [0.5, 0.6) is 0 Å². The van der Waals surface area contributed by atoms with E-state index in [1.165, 1.54) is 4.31 Å². The summed E-state index contributed by atoms with van der Waals surface area (Å²) in [6.07, 6.45) is 4.75. The number of hydrogen-bond donors (Lipinski definition) is 3. The molecular formula is C22H30N4O4S. The first kappa shape index (κ1) is 23.2. The molecule has 1 unspecified atom stereocenters. The molecule has 1 atom stereocenters. The maximum Gasteiger partial charge on any atom is 0.304 e. The highest BCUT2D eigenvalue weighted by Gasteiger charge is 2.30. The van der Waals surface area contributed by atoms with E-state index in [9.17, 15) is 18.3 Å². The molecule has 0 saturated carbocycles. The van der Waals surface area contributed by atoms with E-state index >= 15 is 0 Å². The van der Waals surface area contributed by atoms with Gasteiger partial charge in [0.1, 0.15) is 5.82 Å². The second kappa shape index (κ2) is 11.2. The first-order chi connectivity index (χ1) is 15.0. The van der Waals surface area contributed by atoms with Crippen molar-refractivity contribution in [3.8, 4) is 0 Å². The van der Waals surface area contributed by atoms with Crippen LogP contribution in [0.4, 0.5) is 5.82 Å². The highest BCUT2D eigenvalue weighted by atomic mass is 32.2. The number of carbonyl (C=O) groups is 1. The van der Waals surface area contributed by atoms with Crippen LogP contribution in [0.15, 0.2) is 48.7 Å². The van der Waals surface area contributed by atoms with Gasteiger partial charge >= 0.3 is 5.97 Å². The Bertz CT molecular complexity index is 953. The summed E-state index contributed by atoms with van der Waals surface area (Å²) in [5, 5.41) is 12.5. The largest absolute Gasteiger partial charge is 0.481 e. The molecule has 2 heterocycles. The lowest BCUT2D eigenvalue weighted by atomic mass is 9.91. The molecule has 3 rings (SSSR count). The number of aliphatic carboxylic acids is 1. The molecule has 1 aromatic heterocycles. The average molecular weight is 447 g/mol. The summed E-state index contributed by atoms with van der Waals surface area (Å²) in [7, 11) is -3.66. The molecule has 0 spiro atoms. The van der Waals surface area contributed by atoms with Crippen molar-refractivity contribution in [1.29, 1.82) is 0 Å². The van der Waals surface area contributed by atoms with Gasteiger partial charge in [-0.2, -0.15) is 12.7 Å². The van der Waals surface area contributed by atoms with Crippen molar-refractivity contribution < 1.29 is 18.3 Å². The van der Waals surface area contributed by atoms with Gasteiger partial charge in [-0.15, -0.1) is 0 Å². The number of benzene rings is 1. The van der Waals surface area contributed by atoms with Crippen LogP contribution in [0.2, 0.25) is 0 Å². The van der Waals surface area contributed by atoms with Crippen molar-refractivity contribution in [1.82, 2.24) is 14.0 Å². The molecular weight excluding hydrogens is 416 g/mol. The van der Waals surface area contributed by atoms with Crippen LogP contribution in [-0.4, -0.2) is 55.0 Å². The molecule has 0 fully saturated rings. The Morgan fingerprint density at radius 1 is 1.10 bits per heavy atom. The average Bonchev–Trinajstić information content (AvgIpc) is 2.94. The Labute approximate surface area is 183 Å².